The van der Waals surface area contributed by atoms with E-state index in [1.54, 1.807) is 0 Å². The van der Waals surface area contributed by atoms with Crippen LogP contribution in [0.15, 0.2) is 0 Å². The Kier molecular flexibility index (Phi) is 8.06. The molecule has 106 valence electrons. The van der Waals surface area contributed by atoms with Crippen LogP contribution in [0.3, 0.4) is 0 Å². The van der Waals surface area contributed by atoms with Gasteiger partial charge in [0, 0.05) is 19.5 Å². The third-order valence-electron chi connectivity index (χ3n) is 3.83. The van der Waals surface area contributed by atoms with Crippen LogP contribution < -0.4 is 5.32 Å². The summed E-state index contributed by atoms with van der Waals surface area (Å²) in [5, 5.41) is 3.40. The number of nitrogens with one attached hydrogen (secondary N) is 1. The van der Waals surface area contributed by atoms with E-state index in [4.69, 9.17) is 0 Å². The molecule has 0 aliphatic carbocycles. The Balaban J connectivity index is 2.21. The maximum Gasteiger partial charge on any atom is 0.222 e. The van der Waals surface area contributed by atoms with Crippen molar-refractivity contribution in [3.63, 3.8) is 0 Å². The van der Waals surface area contributed by atoms with Gasteiger partial charge in [-0.05, 0) is 44.7 Å². The molecule has 0 spiro atoms. The summed E-state index contributed by atoms with van der Waals surface area (Å²) in [5.41, 5.74) is 0. The summed E-state index contributed by atoms with van der Waals surface area (Å²) >= 11 is 0. The van der Waals surface area contributed by atoms with Crippen molar-refractivity contribution in [3.05, 3.63) is 0 Å². The highest BCUT2D eigenvalue weighted by Crippen LogP contribution is 2.22. The van der Waals surface area contributed by atoms with Gasteiger partial charge in [-0.15, -0.1) is 0 Å². The molecule has 1 atom stereocenters. The smallest absolute Gasteiger partial charge is 0.222 e. The molecule has 0 aromatic carbocycles. The number of amides is 1. The Hall–Kier alpha value is -0.570. The lowest BCUT2D eigenvalue weighted by atomic mass is 9.96. The van der Waals surface area contributed by atoms with E-state index in [0.717, 1.165) is 51.4 Å². The number of likely N-dealkylation sites (tertiary alicyclic amines) is 1. The summed E-state index contributed by atoms with van der Waals surface area (Å²) in [5.74, 6) is 1.16. The van der Waals surface area contributed by atoms with E-state index in [1.165, 1.54) is 25.7 Å². The second-order valence-electron chi connectivity index (χ2n) is 5.47. The molecule has 1 saturated heterocycles. The second-order valence-corrected chi connectivity index (χ2v) is 5.47. The van der Waals surface area contributed by atoms with E-state index in [-0.39, 0.29) is 0 Å². The molecule has 1 fully saturated rings. The van der Waals surface area contributed by atoms with E-state index >= 15 is 0 Å². The Bertz CT molecular complexity index is 231. The van der Waals surface area contributed by atoms with Crippen LogP contribution in [0, 0.1) is 5.92 Å². The van der Waals surface area contributed by atoms with Gasteiger partial charge in [0.15, 0.2) is 0 Å². The van der Waals surface area contributed by atoms with Crippen LogP contribution >= 0.6 is 0 Å². The molecule has 3 nitrogen and oxygen atoms in total. The average Bonchev–Trinajstić information content (AvgIpc) is 2.54. The molecule has 1 N–H and O–H groups in total. The van der Waals surface area contributed by atoms with Crippen molar-refractivity contribution in [2.75, 3.05) is 26.2 Å². The molecule has 1 unspecified atom stereocenters. The Morgan fingerprint density at radius 2 is 2.06 bits per heavy atom. The molecule has 1 amide bonds. The summed E-state index contributed by atoms with van der Waals surface area (Å²) in [4.78, 5) is 14.1. The molecule has 1 heterocycles. The van der Waals surface area contributed by atoms with Crippen LogP contribution in [0.25, 0.3) is 0 Å². The van der Waals surface area contributed by atoms with Crippen LogP contribution in [0.5, 0.6) is 0 Å². The summed E-state index contributed by atoms with van der Waals surface area (Å²) in [7, 11) is 0. The molecule has 1 rings (SSSR count). The molecule has 0 aromatic rings. The first-order valence-corrected chi connectivity index (χ1v) is 7.76. The highest BCUT2D eigenvalue weighted by molar-refractivity contribution is 5.76. The minimum atomic E-state index is 0.379. The number of hydrogen-bond acceptors (Lipinski definition) is 2. The molecule has 3 heteroatoms. The third-order valence-corrected chi connectivity index (χ3v) is 3.83. The fourth-order valence-electron chi connectivity index (χ4n) is 2.72. The van der Waals surface area contributed by atoms with Crippen molar-refractivity contribution in [1.82, 2.24) is 10.2 Å². The van der Waals surface area contributed by atoms with Crippen molar-refractivity contribution < 1.29 is 4.79 Å². The van der Waals surface area contributed by atoms with Gasteiger partial charge in [0.05, 0.1) is 0 Å². The molecule has 0 bridgehead atoms. The van der Waals surface area contributed by atoms with Crippen molar-refractivity contribution in [2.45, 2.75) is 58.8 Å². The van der Waals surface area contributed by atoms with Crippen LogP contribution in [0.1, 0.15) is 58.8 Å². The van der Waals surface area contributed by atoms with Crippen LogP contribution in [0.4, 0.5) is 0 Å². The highest BCUT2D eigenvalue weighted by atomic mass is 16.2. The van der Waals surface area contributed by atoms with Crippen molar-refractivity contribution in [1.29, 1.82) is 0 Å². The second kappa shape index (κ2) is 9.37. The molecule has 1 aliphatic heterocycles. The average molecular weight is 254 g/mol. The van der Waals surface area contributed by atoms with Gasteiger partial charge in [-0.25, -0.2) is 0 Å². The van der Waals surface area contributed by atoms with E-state index in [9.17, 15) is 4.79 Å². The van der Waals surface area contributed by atoms with E-state index in [2.05, 4.69) is 24.1 Å². The zero-order chi connectivity index (χ0) is 13.2. The first-order valence-electron chi connectivity index (χ1n) is 7.76. The quantitative estimate of drug-likeness (QED) is 0.676. The highest BCUT2D eigenvalue weighted by Gasteiger charge is 2.21. The summed E-state index contributed by atoms with van der Waals surface area (Å²) in [6.45, 7) is 8.47. The van der Waals surface area contributed by atoms with Crippen LogP contribution in [-0.2, 0) is 4.79 Å². The first-order chi connectivity index (χ1) is 8.77. The number of carbonyl (C=O) groups excluding carboxylic acids is 1. The Morgan fingerprint density at radius 3 is 2.78 bits per heavy atom. The summed E-state index contributed by atoms with van der Waals surface area (Å²) in [6, 6.07) is 0. The SMILES string of the molecule is CCCNCCCN1CCC(CCC)CCC1=O. The number of nitrogens with zero attached hydrogens (tertiary/aromatic N) is 1. The van der Waals surface area contributed by atoms with Gasteiger partial charge in [-0.1, -0.05) is 26.7 Å². The monoisotopic (exact) mass is 254 g/mol. The van der Waals surface area contributed by atoms with Crippen molar-refractivity contribution in [2.24, 2.45) is 5.92 Å². The molecular weight excluding hydrogens is 224 g/mol. The molecule has 0 saturated carbocycles. The topological polar surface area (TPSA) is 32.3 Å². The minimum absolute atomic E-state index is 0.379. The fraction of sp³-hybridized carbons (Fsp3) is 0.933. The number of rotatable bonds is 8. The predicted octanol–water partition coefficient (Wildman–Crippen LogP) is 2.80. The lowest BCUT2D eigenvalue weighted by molar-refractivity contribution is -0.130. The first kappa shape index (κ1) is 15.5. The number of hydrogen-bond donors (Lipinski definition) is 1. The van der Waals surface area contributed by atoms with Gasteiger partial charge in [0.1, 0.15) is 0 Å². The van der Waals surface area contributed by atoms with E-state index in [0.29, 0.717) is 5.91 Å². The predicted molar refractivity (Wildman–Crippen MR) is 76.6 cm³/mol. The maximum atomic E-state index is 12.0. The van der Waals surface area contributed by atoms with Gasteiger partial charge >= 0.3 is 0 Å². The normalized spacial score (nSPS) is 21.1. The van der Waals surface area contributed by atoms with E-state index in [1.807, 2.05) is 0 Å². The van der Waals surface area contributed by atoms with Crippen LogP contribution in [0.2, 0.25) is 0 Å². The minimum Gasteiger partial charge on any atom is -0.343 e. The standard InChI is InChI=1S/C15H30N2O/c1-3-6-14-7-8-15(18)17(13-9-14)12-5-11-16-10-4-2/h14,16H,3-13H2,1-2H3. The Labute approximate surface area is 112 Å². The zero-order valence-corrected chi connectivity index (χ0v) is 12.2. The fourth-order valence-corrected chi connectivity index (χ4v) is 2.72. The largest absolute Gasteiger partial charge is 0.343 e. The molecule has 18 heavy (non-hydrogen) atoms. The third kappa shape index (κ3) is 5.85. The van der Waals surface area contributed by atoms with Crippen molar-refractivity contribution >= 4 is 5.91 Å². The zero-order valence-electron chi connectivity index (χ0n) is 12.2. The van der Waals surface area contributed by atoms with E-state index < -0.39 is 0 Å². The van der Waals surface area contributed by atoms with Gasteiger partial charge < -0.3 is 10.2 Å². The number of carbonyl (C=O) groups is 1. The van der Waals surface area contributed by atoms with Gasteiger partial charge in [-0.3, -0.25) is 4.79 Å². The molecule has 0 aromatic heterocycles. The molecule has 1 aliphatic rings. The lowest BCUT2D eigenvalue weighted by Gasteiger charge is -2.21. The summed E-state index contributed by atoms with van der Waals surface area (Å²) in [6.07, 6.45) is 7.90. The Morgan fingerprint density at radius 1 is 1.22 bits per heavy atom. The molecular formula is C15H30N2O. The molecule has 0 radical (unpaired) electrons. The van der Waals surface area contributed by atoms with Gasteiger partial charge in [-0.2, -0.15) is 0 Å². The maximum absolute atomic E-state index is 12.0. The summed E-state index contributed by atoms with van der Waals surface area (Å²) < 4.78 is 0. The van der Waals surface area contributed by atoms with Crippen molar-refractivity contribution in [3.8, 4) is 0 Å². The van der Waals surface area contributed by atoms with Crippen LogP contribution in [-0.4, -0.2) is 37.0 Å². The van der Waals surface area contributed by atoms with Gasteiger partial charge in [0.2, 0.25) is 5.91 Å². The lowest BCUT2D eigenvalue weighted by Crippen LogP contribution is -2.33. The van der Waals surface area contributed by atoms with Gasteiger partial charge in [0.25, 0.3) is 0 Å².